The summed E-state index contributed by atoms with van der Waals surface area (Å²) in [4.78, 5) is 44.2. The monoisotopic (exact) mass is 611 g/mol. The summed E-state index contributed by atoms with van der Waals surface area (Å²) in [6, 6.07) is 2.50. The van der Waals surface area contributed by atoms with Gasteiger partial charge in [-0.05, 0) is 55.4 Å². The van der Waals surface area contributed by atoms with Crippen molar-refractivity contribution in [2.75, 3.05) is 24.7 Å². The molecule has 1 amide bonds. The van der Waals surface area contributed by atoms with Gasteiger partial charge < -0.3 is 24.5 Å². The van der Waals surface area contributed by atoms with E-state index in [0.29, 0.717) is 54.1 Å². The summed E-state index contributed by atoms with van der Waals surface area (Å²) < 4.78 is 39.8. The van der Waals surface area contributed by atoms with Crippen molar-refractivity contribution in [3.05, 3.63) is 61.7 Å². The van der Waals surface area contributed by atoms with E-state index >= 15 is 4.39 Å². The molecule has 2 aliphatic heterocycles. The van der Waals surface area contributed by atoms with Gasteiger partial charge in [-0.3, -0.25) is 13.8 Å². The number of pyridine rings is 2. The minimum Gasteiger partial charge on any atom is -0.458 e. The van der Waals surface area contributed by atoms with Crippen LogP contribution in [0.25, 0.3) is 22.3 Å². The molecule has 3 aromatic rings. The van der Waals surface area contributed by atoms with Crippen LogP contribution in [0.2, 0.25) is 0 Å². The second-order valence-corrected chi connectivity index (χ2v) is 12.9. The van der Waals surface area contributed by atoms with Crippen molar-refractivity contribution < 1.29 is 32.8 Å². The van der Waals surface area contributed by atoms with Crippen LogP contribution in [0.1, 0.15) is 72.5 Å². The number of hydrogen-bond acceptors (Lipinski definition) is 8. The predicted octanol–water partition coefficient (Wildman–Crippen LogP) is 2.81. The number of halogens is 1. The Morgan fingerprint density at radius 1 is 1.26 bits per heavy atom. The minimum absolute atomic E-state index is 0.0129. The Morgan fingerprint density at radius 2 is 2.05 bits per heavy atom. The van der Waals surface area contributed by atoms with Gasteiger partial charge in [0.15, 0.2) is 5.60 Å². The van der Waals surface area contributed by atoms with Crippen LogP contribution in [0.5, 0.6) is 0 Å². The van der Waals surface area contributed by atoms with Crippen molar-refractivity contribution in [2.24, 2.45) is 0 Å². The molecule has 6 rings (SSSR count). The third-order valence-electron chi connectivity index (χ3n) is 8.81. The molecule has 0 radical (unpaired) electrons. The highest BCUT2D eigenvalue weighted by Gasteiger charge is 2.46. The first kappa shape index (κ1) is 29.6. The number of carbonyl (C=O) groups is 2. The number of ether oxygens (including phenoxy) is 2. The Bertz CT molecular complexity index is 1770. The number of rotatable bonds is 9. The first-order valence-corrected chi connectivity index (χ1v) is 16.1. The molecule has 1 aliphatic carbocycles. The number of hydrogen-bond donors (Lipinski definition) is 2. The number of fused-ring (bicyclic) bond motifs is 5. The van der Waals surface area contributed by atoms with Crippen LogP contribution in [0, 0.1) is 12.7 Å². The quantitative estimate of drug-likeness (QED) is 0.218. The number of benzene rings is 1. The molecule has 0 bridgehead atoms. The Morgan fingerprint density at radius 3 is 2.79 bits per heavy atom. The van der Waals surface area contributed by atoms with Gasteiger partial charge in [0.1, 0.15) is 18.2 Å². The average molecular weight is 612 g/mol. The van der Waals surface area contributed by atoms with E-state index in [1.165, 1.54) is 10.6 Å². The Hall–Kier alpha value is -3.48. The summed E-state index contributed by atoms with van der Waals surface area (Å²) >= 11 is 0. The van der Waals surface area contributed by atoms with Crippen molar-refractivity contribution in [1.29, 1.82) is 0 Å². The van der Waals surface area contributed by atoms with Crippen LogP contribution in [-0.2, 0) is 55.0 Å². The molecule has 0 spiro atoms. The second kappa shape index (κ2) is 11.2. The topological polar surface area (TPSA) is 137 Å². The van der Waals surface area contributed by atoms with E-state index in [9.17, 15) is 23.7 Å². The lowest BCUT2D eigenvalue weighted by atomic mass is 9.81. The molecule has 0 saturated carbocycles. The van der Waals surface area contributed by atoms with Gasteiger partial charge in [0.2, 0.25) is 5.91 Å². The van der Waals surface area contributed by atoms with Crippen LogP contribution in [-0.4, -0.2) is 55.5 Å². The predicted molar refractivity (Wildman–Crippen MR) is 157 cm³/mol. The Balaban J connectivity index is 1.44. The largest absolute Gasteiger partial charge is 0.458 e. The smallest absolute Gasteiger partial charge is 0.343 e. The van der Waals surface area contributed by atoms with Crippen LogP contribution < -0.4 is 10.9 Å². The maximum atomic E-state index is 15.1. The molecule has 43 heavy (non-hydrogen) atoms. The Kier molecular flexibility index (Phi) is 7.72. The van der Waals surface area contributed by atoms with Crippen molar-refractivity contribution in [2.45, 2.75) is 71.2 Å². The lowest BCUT2D eigenvalue weighted by Gasteiger charge is -2.31. The third kappa shape index (κ3) is 4.79. The summed E-state index contributed by atoms with van der Waals surface area (Å²) in [5, 5.41) is 15.0. The first-order valence-electron chi connectivity index (χ1n) is 14.6. The van der Waals surface area contributed by atoms with Gasteiger partial charge in [-0.1, -0.05) is 13.8 Å². The molecule has 1 aromatic carbocycles. The van der Waals surface area contributed by atoms with Crippen LogP contribution in [0.3, 0.4) is 0 Å². The molecular weight excluding hydrogens is 577 g/mol. The van der Waals surface area contributed by atoms with Crippen LogP contribution in [0.4, 0.5) is 4.39 Å². The first-order chi connectivity index (χ1) is 20.6. The molecule has 4 heterocycles. The summed E-state index contributed by atoms with van der Waals surface area (Å²) in [6.45, 7) is 6.13. The SMILES string of the molecule is CCCOCCS(=O)CC(=O)N[C@H]1CCc2c(C)c(F)cc3nc4c(c1c23)Cn1c-4cc2c(c1=O)COC(=O)[C@]2(O)CC. The number of cyclic esters (lactones) is 1. The summed E-state index contributed by atoms with van der Waals surface area (Å²) in [6.07, 6.45) is 1.87. The number of nitrogens with one attached hydrogen (secondary N) is 1. The molecule has 0 fully saturated rings. The number of carbonyl (C=O) groups excluding carboxylic acids is 2. The van der Waals surface area contributed by atoms with E-state index < -0.39 is 39.8 Å². The average Bonchev–Trinajstić information content (AvgIpc) is 3.35. The zero-order valence-electron chi connectivity index (χ0n) is 24.4. The number of nitrogens with zero attached hydrogens (tertiary/aromatic N) is 2. The maximum Gasteiger partial charge on any atom is 0.343 e. The van der Waals surface area contributed by atoms with Crippen molar-refractivity contribution in [1.82, 2.24) is 14.9 Å². The van der Waals surface area contributed by atoms with E-state index in [-0.39, 0.29) is 48.1 Å². The maximum absolute atomic E-state index is 15.1. The lowest BCUT2D eigenvalue weighted by molar-refractivity contribution is -0.172. The number of aryl methyl sites for hydroxylation is 1. The molecule has 2 N–H and O–H groups in total. The molecule has 3 atom stereocenters. The highest BCUT2D eigenvalue weighted by Crippen LogP contribution is 2.45. The lowest BCUT2D eigenvalue weighted by Crippen LogP contribution is -2.44. The van der Waals surface area contributed by atoms with E-state index in [4.69, 9.17) is 14.5 Å². The van der Waals surface area contributed by atoms with Crippen molar-refractivity contribution in [3.8, 4) is 11.4 Å². The second-order valence-electron chi connectivity index (χ2n) is 11.4. The standard InChI is InChI=1S/C31H34FN3O7S/c1-4-8-41-9-10-43(40)15-25(36)33-22-7-6-17-16(3)21(32)12-23-26(17)27(22)18-13-35-24(28(18)34-23)11-20-19(29(35)37)14-42-30(38)31(20,39)5-2/h11-12,22,39H,4-10,13-15H2,1-3H3,(H,33,36)/t22-,31-,43?/m0/s1. The highest BCUT2D eigenvalue weighted by atomic mass is 32.2. The van der Waals surface area contributed by atoms with Gasteiger partial charge in [0, 0.05) is 45.7 Å². The fraction of sp³-hybridized carbons (Fsp3) is 0.484. The van der Waals surface area contributed by atoms with Crippen LogP contribution >= 0.6 is 0 Å². The normalized spacial score (nSPS) is 20.8. The summed E-state index contributed by atoms with van der Waals surface area (Å²) in [5.41, 5.74) is 2.06. The third-order valence-corrected chi connectivity index (χ3v) is 10.0. The van der Waals surface area contributed by atoms with Gasteiger partial charge in [0.25, 0.3) is 5.56 Å². The number of amides is 1. The van der Waals surface area contributed by atoms with E-state index in [1.54, 1.807) is 19.9 Å². The van der Waals surface area contributed by atoms with E-state index in [0.717, 1.165) is 22.9 Å². The van der Waals surface area contributed by atoms with Crippen LogP contribution in [0.15, 0.2) is 16.9 Å². The fourth-order valence-electron chi connectivity index (χ4n) is 6.55. The van der Waals surface area contributed by atoms with Gasteiger partial charge in [-0.25, -0.2) is 14.2 Å². The number of esters is 1. The zero-order chi connectivity index (χ0) is 30.6. The molecule has 2 aromatic heterocycles. The van der Waals surface area contributed by atoms with Gasteiger partial charge >= 0.3 is 5.97 Å². The van der Waals surface area contributed by atoms with Crippen molar-refractivity contribution >= 4 is 33.6 Å². The van der Waals surface area contributed by atoms with Gasteiger partial charge in [0.05, 0.1) is 41.7 Å². The summed E-state index contributed by atoms with van der Waals surface area (Å²) in [5.74, 6) is -1.49. The van der Waals surface area contributed by atoms with E-state index in [2.05, 4.69) is 5.32 Å². The molecule has 228 valence electrons. The fourth-order valence-corrected chi connectivity index (χ4v) is 7.38. The molecule has 1 unspecified atom stereocenters. The Labute approximate surface area is 250 Å². The number of aromatic nitrogens is 2. The van der Waals surface area contributed by atoms with Gasteiger partial charge in [-0.15, -0.1) is 0 Å². The summed E-state index contributed by atoms with van der Waals surface area (Å²) in [7, 11) is -1.40. The molecule has 0 saturated heterocycles. The molecule has 12 heteroatoms. The van der Waals surface area contributed by atoms with Crippen molar-refractivity contribution in [3.63, 3.8) is 0 Å². The van der Waals surface area contributed by atoms with E-state index in [1.807, 2.05) is 6.92 Å². The minimum atomic E-state index is -1.97. The molecule has 10 nitrogen and oxygen atoms in total. The molecular formula is C31H34FN3O7S. The zero-order valence-corrected chi connectivity index (χ0v) is 25.2. The number of aliphatic hydroxyl groups is 1. The van der Waals surface area contributed by atoms with Gasteiger partial charge in [-0.2, -0.15) is 0 Å². The molecule has 3 aliphatic rings. The highest BCUT2D eigenvalue weighted by molar-refractivity contribution is 7.85.